The van der Waals surface area contributed by atoms with Crippen molar-refractivity contribution in [3.05, 3.63) is 60.2 Å². The van der Waals surface area contributed by atoms with Gasteiger partial charge in [0.1, 0.15) is 18.4 Å². The van der Waals surface area contributed by atoms with E-state index in [0.29, 0.717) is 44.2 Å². The molecule has 8 heteroatoms. The lowest BCUT2D eigenvalue weighted by molar-refractivity contribution is -0.148. The number of carbonyl (C=O) groups is 3. The van der Waals surface area contributed by atoms with Crippen LogP contribution in [0.3, 0.4) is 0 Å². The average molecular weight is 440 g/mol. The summed E-state index contributed by atoms with van der Waals surface area (Å²) >= 11 is 0. The predicted octanol–water partition coefficient (Wildman–Crippen LogP) is 2.35. The molecule has 1 atom stereocenters. The van der Waals surface area contributed by atoms with Crippen LogP contribution in [-0.4, -0.2) is 55.0 Å². The van der Waals surface area contributed by atoms with Gasteiger partial charge >= 0.3 is 5.97 Å². The van der Waals surface area contributed by atoms with E-state index >= 15 is 0 Å². The van der Waals surface area contributed by atoms with Crippen LogP contribution in [0.25, 0.3) is 0 Å². The van der Waals surface area contributed by atoms with Gasteiger partial charge < -0.3 is 20.1 Å². The molecule has 2 aromatic rings. The summed E-state index contributed by atoms with van der Waals surface area (Å²) in [6, 6.07) is 16.3. The number of amides is 2. The quantitative estimate of drug-likeness (QED) is 0.552. The zero-order valence-corrected chi connectivity index (χ0v) is 18.2. The van der Waals surface area contributed by atoms with E-state index in [4.69, 9.17) is 9.47 Å². The minimum absolute atomic E-state index is 0.00536. The Morgan fingerprint density at radius 1 is 1.12 bits per heavy atom. The second kappa shape index (κ2) is 11.9. The second-order valence-corrected chi connectivity index (χ2v) is 7.55. The molecule has 3 rings (SSSR count). The molecule has 8 nitrogen and oxygen atoms in total. The third-order valence-electron chi connectivity index (χ3n) is 5.00. The third kappa shape index (κ3) is 7.09. The van der Waals surface area contributed by atoms with E-state index in [0.717, 1.165) is 5.56 Å². The zero-order valence-electron chi connectivity index (χ0n) is 18.2. The van der Waals surface area contributed by atoms with Crippen LogP contribution in [0, 0.1) is 0 Å². The summed E-state index contributed by atoms with van der Waals surface area (Å²) in [7, 11) is 0. The number of hydrogen-bond donors (Lipinski definition) is 2. The van der Waals surface area contributed by atoms with Gasteiger partial charge in [-0.1, -0.05) is 37.3 Å². The smallest absolute Gasteiger partial charge is 0.307 e. The van der Waals surface area contributed by atoms with E-state index in [9.17, 15) is 14.4 Å². The largest absolute Gasteiger partial charge is 0.489 e. The first-order valence-corrected chi connectivity index (χ1v) is 10.8. The summed E-state index contributed by atoms with van der Waals surface area (Å²) in [6.07, 6.45) is 0.636. The summed E-state index contributed by atoms with van der Waals surface area (Å²) in [5, 5.41) is 5.57. The first-order valence-electron chi connectivity index (χ1n) is 10.8. The molecule has 0 spiro atoms. The summed E-state index contributed by atoms with van der Waals surface area (Å²) in [5.41, 5.74) is 1.70. The molecule has 0 saturated carbocycles. The molecule has 32 heavy (non-hydrogen) atoms. The van der Waals surface area contributed by atoms with Crippen molar-refractivity contribution in [2.45, 2.75) is 32.4 Å². The SMILES string of the molecule is CCCOC(=O)CC1C(=O)NCCN1CC(=O)Nc1ccc(OCc2ccccc2)cc1. The van der Waals surface area contributed by atoms with Crippen LogP contribution in [0.5, 0.6) is 5.75 Å². The highest BCUT2D eigenvalue weighted by molar-refractivity contribution is 5.93. The molecule has 1 fully saturated rings. The molecule has 0 bridgehead atoms. The summed E-state index contributed by atoms with van der Waals surface area (Å²) in [4.78, 5) is 38.5. The molecular formula is C24H29N3O5. The molecule has 2 N–H and O–H groups in total. The van der Waals surface area contributed by atoms with Gasteiger partial charge in [-0.15, -0.1) is 0 Å². The highest BCUT2D eigenvalue weighted by Gasteiger charge is 2.33. The van der Waals surface area contributed by atoms with Crippen molar-refractivity contribution >= 4 is 23.5 Å². The number of benzene rings is 2. The van der Waals surface area contributed by atoms with Crippen LogP contribution in [0.15, 0.2) is 54.6 Å². The van der Waals surface area contributed by atoms with Crippen LogP contribution in [0.4, 0.5) is 5.69 Å². The molecule has 1 aliphatic rings. The van der Waals surface area contributed by atoms with E-state index in [1.165, 1.54) is 0 Å². The molecule has 170 valence electrons. The standard InChI is InChI=1S/C24H29N3O5/c1-2-14-31-23(29)15-21-24(30)25-12-13-27(21)16-22(28)26-19-8-10-20(11-9-19)32-17-18-6-4-3-5-7-18/h3-11,21H,2,12-17H2,1H3,(H,25,30)(H,26,28). The van der Waals surface area contributed by atoms with Crippen molar-refractivity contribution < 1.29 is 23.9 Å². The molecule has 2 amide bonds. The lowest BCUT2D eigenvalue weighted by Gasteiger charge is -2.33. The van der Waals surface area contributed by atoms with Gasteiger partial charge in [0.05, 0.1) is 19.6 Å². The number of nitrogens with zero attached hydrogens (tertiary/aromatic N) is 1. The Morgan fingerprint density at radius 2 is 1.88 bits per heavy atom. The number of piperazine rings is 1. The number of anilines is 1. The minimum Gasteiger partial charge on any atom is -0.489 e. The van der Waals surface area contributed by atoms with Crippen LogP contribution < -0.4 is 15.4 Å². The number of rotatable bonds is 10. The molecule has 0 radical (unpaired) electrons. The number of hydrogen-bond acceptors (Lipinski definition) is 6. The van der Waals surface area contributed by atoms with Gasteiger partial charge in [-0.2, -0.15) is 0 Å². The Hall–Kier alpha value is -3.39. The van der Waals surface area contributed by atoms with Gasteiger partial charge in [-0.05, 0) is 36.2 Å². The van der Waals surface area contributed by atoms with Crippen molar-refractivity contribution in [1.29, 1.82) is 0 Å². The molecule has 2 aromatic carbocycles. The number of esters is 1. The van der Waals surface area contributed by atoms with Crippen molar-refractivity contribution in [2.24, 2.45) is 0 Å². The van der Waals surface area contributed by atoms with Gasteiger partial charge in [0.15, 0.2) is 0 Å². The predicted molar refractivity (Wildman–Crippen MR) is 120 cm³/mol. The van der Waals surface area contributed by atoms with Crippen molar-refractivity contribution in [1.82, 2.24) is 10.2 Å². The van der Waals surface area contributed by atoms with Crippen molar-refractivity contribution in [3.63, 3.8) is 0 Å². The fourth-order valence-electron chi connectivity index (χ4n) is 3.37. The monoisotopic (exact) mass is 439 g/mol. The van der Waals surface area contributed by atoms with Crippen molar-refractivity contribution in [3.8, 4) is 5.75 Å². The van der Waals surface area contributed by atoms with Crippen molar-refractivity contribution in [2.75, 3.05) is 31.6 Å². The van der Waals surface area contributed by atoms with Gasteiger partial charge in [-0.25, -0.2) is 0 Å². The molecule has 1 aliphatic heterocycles. The van der Waals surface area contributed by atoms with E-state index < -0.39 is 12.0 Å². The van der Waals surface area contributed by atoms with E-state index in [2.05, 4.69) is 10.6 Å². The first-order chi connectivity index (χ1) is 15.5. The maximum Gasteiger partial charge on any atom is 0.307 e. The Bertz CT molecular complexity index is 902. The Labute approximate surface area is 187 Å². The third-order valence-corrected chi connectivity index (χ3v) is 5.00. The maximum atomic E-state index is 12.6. The van der Waals surface area contributed by atoms with E-state index in [1.54, 1.807) is 29.2 Å². The van der Waals surface area contributed by atoms with Crippen LogP contribution in [0.1, 0.15) is 25.3 Å². The minimum atomic E-state index is -0.715. The number of carbonyl (C=O) groups excluding carboxylic acids is 3. The molecule has 1 unspecified atom stereocenters. The van der Waals surface area contributed by atoms with Crippen LogP contribution >= 0.6 is 0 Å². The molecular weight excluding hydrogens is 410 g/mol. The number of ether oxygens (including phenoxy) is 2. The average Bonchev–Trinajstić information content (AvgIpc) is 2.80. The maximum absolute atomic E-state index is 12.6. The Balaban J connectivity index is 1.50. The summed E-state index contributed by atoms with van der Waals surface area (Å²) in [5.74, 6) is -0.266. The topological polar surface area (TPSA) is 97.0 Å². The Kier molecular flexibility index (Phi) is 8.62. The van der Waals surface area contributed by atoms with Gasteiger partial charge in [0, 0.05) is 18.8 Å². The fraction of sp³-hybridized carbons (Fsp3) is 0.375. The second-order valence-electron chi connectivity index (χ2n) is 7.55. The van der Waals surface area contributed by atoms with E-state index in [-0.39, 0.29) is 24.8 Å². The molecule has 1 saturated heterocycles. The lowest BCUT2D eigenvalue weighted by atomic mass is 10.1. The van der Waals surface area contributed by atoms with Gasteiger partial charge in [-0.3, -0.25) is 19.3 Å². The normalized spacial score (nSPS) is 16.2. The summed E-state index contributed by atoms with van der Waals surface area (Å²) in [6.45, 7) is 3.60. The van der Waals surface area contributed by atoms with Crippen LogP contribution in [-0.2, 0) is 25.7 Å². The fourth-order valence-corrected chi connectivity index (χ4v) is 3.37. The van der Waals surface area contributed by atoms with E-state index in [1.807, 2.05) is 37.3 Å². The molecule has 0 aromatic heterocycles. The van der Waals surface area contributed by atoms with Gasteiger partial charge in [0.25, 0.3) is 0 Å². The highest BCUT2D eigenvalue weighted by Crippen LogP contribution is 2.18. The van der Waals surface area contributed by atoms with Crippen LogP contribution in [0.2, 0.25) is 0 Å². The number of nitrogens with one attached hydrogen (secondary N) is 2. The first kappa shape index (κ1) is 23.3. The van der Waals surface area contributed by atoms with Gasteiger partial charge in [0.2, 0.25) is 11.8 Å². The summed E-state index contributed by atoms with van der Waals surface area (Å²) < 4.78 is 10.8. The Morgan fingerprint density at radius 3 is 2.59 bits per heavy atom. The molecule has 1 heterocycles. The molecule has 0 aliphatic carbocycles. The highest BCUT2D eigenvalue weighted by atomic mass is 16.5. The zero-order chi connectivity index (χ0) is 22.8. The lowest BCUT2D eigenvalue weighted by Crippen LogP contribution is -2.57.